The lowest BCUT2D eigenvalue weighted by Crippen LogP contribution is -2.28. The molecule has 0 spiro atoms. The molecule has 0 fully saturated rings. The van der Waals surface area contributed by atoms with Crippen LogP contribution >= 0.6 is 39.7 Å². The Morgan fingerprint density at radius 2 is 2.11 bits per heavy atom. The number of benzene rings is 1. The van der Waals surface area contributed by atoms with Crippen LogP contribution in [0.4, 0.5) is 10.2 Å². The van der Waals surface area contributed by atoms with Gasteiger partial charge >= 0.3 is 0 Å². The van der Waals surface area contributed by atoms with Crippen LogP contribution in [0.5, 0.6) is 0 Å². The van der Waals surface area contributed by atoms with E-state index in [2.05, 4.69) is 36.8 Å². The van der Waals surface area contributed by atoms with Crippen molar-refractivity contribution in [1.82, 2.24) is 24.9 Å². The third-order valence-corrected chi connectivity index (χ3v) is 5.05. The summed E-state index contributed by atoms with van der Waals surface area (Å²) in [5, 5.41) is 15.6. The van der Waals surface area contributed by atoms with E-state index in [4.69, 9.17) is 23.8 Å². The zero-order valence-electron chi connectivity index (χ0n) is 14.4. The van der Waals surface area contributed by atoms with E-state index < -0.39 is 0 Å². The van der Waals surface area contributed by atoms with Crippen molar-refractivity contribution in [3.8, 4) is 0 Å². The Hall–Kier alpha value is -1.97. The molecule has 0 saturated heterocycles. The Kier molecular flexibility index (Phi) is 6.46. The van der Waals surface area contributed by atoms with Crippen molar-refractivity contribution in [2.45, 2.75) is 26.6 Å². The van der Waals surface area contributed by atoms with Crippen molar-refractivity contribution in [2.75, 3.05) is 5.32 Å². The molecule has 0 aliphatic carbocycles. The molecule has 3 aromatic rings. The Bertz CT molecular complexity index is 937. The molecule has 2 N–H and O–H groups in total. The Morgan fingerprint density at radius 1 is 1.30 bits per heavy atom. The number of nitrogens with one attached hydrogen (secondary N) is 2. The fourth-order valence-electron chi connectivity index (χ4n) is 2.41. The molecule has 6 nitrogen and oxygen atoms in total. The molecule has 0 atom stereocenters. The van der Waals surface area contributed by atoms with Crippen molar-refractivity contribution in [2.24, 2.45) is 0 Å². The molecule has 27 heavy (non-hydrogen) atoms. The maximum atomic E-state index is 13.9. The summed E-state index contributed by atoms with van der Waals surface area (Å²) in [6.07, 6.45) is 3.65. The van der Waals surface area contributed by atoms with Crippen LogP contribution in [-0.4, -0.2) is 24.7 Å². The molecule has 3 rings (SSSR count). The normalized spacial score (nSPS) is 10.8. The van der Waals surface area contributed by atoms with Crippen LogP contribution in [-0.2, 0) is 19.6 Å². The van der Waals surface area contributed by atoms with Gasteiger partial charge in [0, 0.05) is 35.6 Å². The predicted octanol–water partition coefficient (Wildman–Crippen LogP) is 4.19. The minimum absolute atomic E-state index is 0.231. The van der Waals surface area contributed by atoms with Gasteiger partial charge in [-0.25, -0.2) is 4.39 Å². The van der Waals surface area contributed by atoms with Gasteiger partial charge in [-0.15, -0.1) is 0 Å². The van der Waals surface area contributed by atoms with Crippen molar-refractivity contribution < 1.29 is 4.39 Å². The highest BCUT2D eigenvalue weighted by Gasteiger charge is 2.10. The molecule has 0 radical (unpaired) electrons. The first-order valence-corrected chi connectivity index (χ1v) is 9.77. The molecule has 0 aliphatic heterocycles. The number of aromatic nitrogens is 4. The Labute approximate surface area is 174 Å². The number of aryl methyl sites for hydroxylation is 1. The topological polar surface area (TPSA) is 59.7 Å². The molecule has 0 amide bonds. The highest BCUT2D eigenvalue weighted by molar-refractivity contribution is 9.10. The standard InChI is InChI=1S/C17H17BrClFN6S/c1-2-25-10-12(18)15(23-25)8-21-17(27)22-16-6-7-26(24-16)9-11-13(19)4-3-5-14(11)20/h3-7,10H,2,8-9H2,1H3,(H2,21,22,24,27). The lowest BCUT2D eigenvalue weighted by Gasteiger charge is -2.08. The largest absolute Gasteiger partial charge is 0.357 e. The number of hydrogen-bond donors (Lipinski definition) is 2. The third-order valence-electron chi connectivity index (χ3n) is 3.79. The number of hydrogen-bond acceptors (Lipinski definition) is 3. The SMILES string of the molecule is CCn1cc(Br)c(CNC(=S)Nc2ccn(Cc3c(F)cccc3Cl)n2)n1. The molecule has 0 bridgehead atoms. The summed E-state index contributed by atoms with van der Waals surface area (Å²) in [4.78, 5) is 0. The summed E-state index contributed by atoms with van der Waals surface area (Å²) >= 11 is 14.8. The van der Waals surface area contributed by atoms with Gasteiger partial charge in [-0.3, -0.25) is 9.36 Å². The molecule has 0 saturated carbocycles. The zero-order valence-corrected chi connectivity index (χ0v) is 17.6. The first-order chi connectivity index (χ1) is 13.0. The van der Waals surface area contributed by atoms with E-state index in [1.165, 1.54) is 6.07 Å². The number of halogens is 3. The minimum atomic E-state index is -0.359. The average Bonchev–Trinajstić information content (AvgIpc) is 3.22. The predicted molar refractivity (Wildman–Crippen MR) is 111 cm³/mol. The van der Waals surface area contributed by atoms with Gasteiger partial charge in [0.05, 0.1) is 23.3 Å². The molecular weight excluding hydrogens is 455 g/mol. The van der Waals surface area contributed by atoms with E-state index in [0.29, 0.717) is 28.1 Å². The van der Waals surface area contributed by atoms with Crippen molar-refractivity contribution in [3.63, 3.8) is 0 Å². The smallest absolute Gasteiger partial charge is 0.172 e. The molecule has 0 aliphatic rings. The average molecular weight is 472 g/mol. The van der Waals surface area contributed by atoms with Gasteiger partial charge in [0.2, 0.25) is 0 Å². The molecule has 10 heteroatoms. The monoisotopic (exact) mass is 470 g/mol. The van der Waals surface area contributed by atoms with Gasteiger partial charge < -0.3 is 10.6 Å². The third kappa shape index (κ3) is 5.06. The lowest BCUT2D eigenvalue weighted by atomic mass is 10.2. The maximum Gasteiger partial charge on any atom is 0.172 e. The minimum Gasteiger partial charge on any atom is -0.357 e. The van der Waals surface area contributed by atoms with Crippen LogP contribution in [0, 0.1) is 5.82 Å². The van der Waals surface area contributed by atoms with Crippen LogP contribution in [0.25, 0.3) is 0 Å². The number of thiocarbonyl (C=S) groups is 1. The number of rotatable bonds is 6. The fourth-order valence-corrected chi connectivity index (χ4v) is 3.26. The van der Waals surface area contributed by atoms with Crippen LogP contribution in [0.2, 0.25) is 5.02 Å². The van der Waals surface area contributed by atoms with E-state index in [1.54, 1.807) is 29.1 Å². The second kappa shape index (κ2) is 8.81. The summed E-state index contributed by atoms with van der Waals surface area (Å²) in [5.41, 5.74) is 1.26. The van der Waals surface area contributed by atoms with Crippen molar-refractivity contribution in [3.05, 3.63) is 63.2 Å². The number of nitrogens with zero attached hydrogens (tertiary/aromatic N) is 4. The van der Waals surface area contributed by atoms with Gasteiger partial charge in [-0.05, 0) is 47.2 Å². The quantitative estimate of drug-likeness (QED) is 0.528. The van der Waals surface area contributed by atoms with E-state index in [-0.39, 0.29) is 12.4 Å². The van der Waals surface area contributed by atoms with E-state index in [0.717, 1.165) is 16.7 Å². The fraction of sp³-hybridized carbons (Fsp3) is 0.235. The zero-order chi connectivity index (χ0) is 19.4. The van der Waals surface area contributed by atoms with Gasteiger partial charge in [-0.1, -0.05) is 17.7 Å². The maximum absolute atomic E-state index is 13.9. The van der Waals surface area contributed by atoms with Gasteiger partial charge in [0.15, 0.2) is 10.9 Å². The second-order valence-electron chi connectivity index (χ2n) is 5.69. The van der Waals surface area contributed by atoms with E-state index >= 15 is 0 Å². The summed E-state index contributed by atoms with van der Waals surface area (Å²) in [6.45, 7) is 3.53. The molecule has 1 aromatic carbocycles. The van der Waals surface area contributed by atoms with Gasteiger partial charge in [0.1, 0.15) is 5.82 Å². The van der Waals surface area contributed by atoms with Crippen LogP contribution in [0.3, 0.4) is 0 Å². The molecule has 2 aromatic heterocycles. The Morgan fingerprint density at radius 3 is 2.81 bits per heavy atom. The first kappa shape index (κ1) is 19.8. The highest BCUT2D eigenvalue weighted by Crippen LogP contribution is 2.20. The van der Waals surface area contributed by atoms with Crippen molar-refractivity contribution >= 4 is 50.7 Å². The van der Waals surface area contributed by atoms with Gasteiger partial charge in [-0.2, -0.15) is 10.2 Å². The van der Waals surface area contributed by atoms with E-state index in [9.17, 15) is 4.39 Å². The Balaban J connectivity index is 1.57. The summed E-state index contributed by atoms with van der Waals surface area (Å²) in [6, 6.07) is 6.36. The summed E-state index contributed by atoms with van der Waals surface area (Å²) in [5.74, 6) is 0.194. The highest BCUT2D eigenvalue weighted by atomic mass is 79.9. The lowest BCUT2D eigenvalue weighted by molar-refractivity contribution is 0.586. The molecule has 2 heterocycles. The van der Waals surface area contributed by atoms with Crippen molar-refractivity contribution in [1.29, 1.82) is 0 Å². The molecular formula is C17H17BrClFN6S. The molecule has 142 valence electrons. The van der Waals surface area contributed by atoms with Crippen LogP contribution in [0.15, 0.2) is 41.1 Å². The first-order valence-electron chi connectivity index (χ1n) is 8.19. The van der Waals surface area contributed by atoms with Gasteiger partial charge in [0.25, 0.3) is 0 Å². The van der Waals surface area contributed by atoms with E-state index in [1.807, 2.05) is 17.8 Å². The second-order valence-corrected chi connectivity index (χ2v) is 7.36. The number of anilines is 1. The van der Waals surface area contributed by atoms with Crippen LogP contribution in [0.1, 0.15) is 18.2 Å². The van der Waals surface area contributed by atoms with Crippen LogP contribution < -0.4 is 10.6 Å². The summed E-state index contributed by atoms with van der Waals surface area (Å²) in [7, 11) is 0. The molecule has 0 unspecified atom stereocenters. The summed E-state index contributed by atoms with van der Waals surface area (Å²) < 4.78 is 18.2.